The summed E-state index contributed by atoms with van der Waals surface area (Å²) in [7, 11) is 0. The number of hydrogen-bond donors (Lipinski definition) is 0. The summed E-state index contributed by atoms with van der Waals surface area (Å²) in [6.07, 6.45) is 0.589. The maximum Gasteiger partial charge on any atom is 0.266 e. The first-order chi connectivity index (χ1) is 15.9. The van der Waals surface area contributed by atoms with Gasteiger partial charge < -0.3 is 4.90 Å². The number of para-hydroxylation sites is 1. The van der Waals surface area contributed by atoms with Gasteiger partial charge in [-0.1, -0.05) is 52.7 Å². The van der Waals surface area contributed by atoms with Crippen LogP contribution in [0.5, 0.6) is 0 Å². The highest BCUT2D eigenvalue weighted by atomic mass is 79.9. The van der Waals surface area contributed by atoms with E-state index in [2.05, 4.69) is 15.9 Å². The van der Waals surface area contributed by atoms with Gasteiger partial charge in [0.05, 0.1) is 22.6 Å². The number of hydrogen-bond acceptors (Lipinski definition) is 3. The van der Waals surface area contributed by atoms with Gasteiger partial charge in [0.25, 0.3) is 11.5 Å². The van der Waals surface area contributed by atoms with Crippen molar-refractivity contribution in [1.29, 1.82) is 0 Å². The SMILES string of the molecule is CCC(c1nc2ccccc2c(=O)n1-c1ccc(Cl)cc1)N(CC)C(=O)c1cccc(Br)c1. The van der Waals surface area contributed by atoms with Gasteiger partial charge in [-0.3, -0.25) is 14.2 Å². The Morgan fingerprint density at radius 1 is 1.06 bits per heavy atom. The van der Waals surface area contributed by atoms with Crippen molar-refractivity contribution in [2.45, 2.75) is 26.3 Å². The lowest BCUT2D eigenvalue weighted by Crippen LogP contribution is -2.38. The summed E-state index contributed by atoms with van der Waals surface area (Å²) in [5.74, 6) is 0.407. The number of fused-ring (bicyclic) bond motifs is 1. The summed E-state index contributed by atoms with van der Waals surface area (Å²) >= 11 is 9.54. The smallest absolute Gasteiger partial charge is 0.266 e. The second-order valence-corrected chi connectivity index (χ2v) is 8.98. The molecule has 168 valence electrons. The molecular weight excluding hydrogens is 502 g/mol. The van der Waals surface area contributed by atoms with Crippen LogP contribution in [0.15, 0.2) is 82.1 Å². The first kappa shape index (κ1) is 23.2. The Balaban J connectivity index is 1.93. The van der Waals surface area contributed by atoms with Crippen molar-refractivity contribution in [2.75, 3.05) is 6.54 Å². The molecule has 1 atom stereocenters. The van der Waals surface area contributed by atoms with Crippen molar-refractivity contribution in [3.8, 4) is 5.69 Å². The van der Waals surface area contributed by atoms with E-state index in [9.17, 15) is 9.59 Å². The Kier molecular flexibility index (Phi) is 6.96. The van der Waals surface area contributed by atoms with Crippen LogP contribution in [0, 0.1) is 0 Å². The Labute approximate surface area is 205 Å². The summed E-state index contributed by atoms with van der Waals surface area (Å²) in [6.45, 7) is 4.40. The largest absolute Gasteiger partial charge is 0.329 e. The second-order valence-electron chi connectivity index (χ2n) is 7.63. The summed E-state index contributed by atoms with van der Waals surface area (Å²) in [5.41, 5.74) is 1.65. The number of halogens is 2. The van der Waals surface area contributed by atoms with E-state index in [-0.39, 0.29) is 11.5 Å². The van der Waals surface area contributed by atoms with Gasteiger partial charge in [-0.05, 0) is 67.9 Å². The minimum absolute atomic E-state index is 0.115. The maximum atomic E-state index is 13.6. The number of benzene rings is 3. The molecule has 4 rings (SSSR count). The normalized spacial score (nSPS) is 12.0. The van der Waals surface area contributed by atoms with E-state index >= 15 is 0 Å². The molecule has 3 aromatic carbocycles. The minimum Gasteiger partial charge on any atom is -0.329 e. The van der Waals surface area contributed by atoms with Gasteiger partial charge in [-0.15, -0.1) is 0 Å². The van der Waals surface area contributed by atoms with Crippen molar-refractivity contribution in [3.63, 3.8) is 0 Å². The molecule has 0 aliphatic rings. The van der Waals surface area contributed by atoms with Gasteiger partial charge in [0.1, 0.15) is 5.82 Å². The molecule has 0 aliphatic heterocycles. The van der Waals surface area contributed by atoms with Crippen LogP contribution in [0.1, 0.15) is 42.5 Å². The number of carbonyl (C=O) groups excluding carboxylic acids is 1. The van der Waals surface area contributed by atoms with Crippen LogP contribution in [0.3, 0.4) is 0 Å². The molecule has 0 aliphatic carbocycles. The lowest BCUT2D eigenvalue weighted by atomic mass is 10.1. The molecule has 1 aromatic heterocycles. The third kappa shape index (κ3) is 4.59. The van der Waals surface area contributed by atoms with Crippen LogP contribution in [0.4, 0.5) is 0 Å². The molecule has 0 N–H and O–H groups in total. The zero-order chi connectivity index (χ0) is 23.5. The summed E-state index contributed by atoms with van der Waals surface area (Å²) in [6, 6.07) is 21.3. The third-order valence-electron chi connectivity index (χ3n) is 5.62. The fourth-order valence-corrected chi connectivity index (χ4v) is 4.57. The minimum atomic E-state index is -0.408. The highest BCUT2D eigenvalue weighted by molar-refractivity contribution is 9.10. The van der Waals surface area contributed by atoms with Crippen LogP contribution < -0.4 is 5.56 Å². The molecule has 5 nitrogen and oxygen atoms in total. The predicted octanol–water partition coefficient (Wildman–Crippen LogP) is 6.42. The zero-order valence-corrected chi connectivity index (χ0v) is 20.7. The molecule has 0 bridgehead atoms. The number of amides is 1. The number of aromatic nitrogens is 2. The lowest BCUT2D eigenvalue weighted by molar-refractivity contribution is 0.0672. The lowest BCUT2D eigenvalue weighted by Gasteiger charge is -2.31. The van der Waals surface area contributed by atoms with Gasteiger partial charge in [0.15, 0.2) is 0 Å². The van der Waals surface area contributed by atoms with Crippen molar-refractivity contribution >= 4 is 44.3 Å². The van der Waals surface area contributed by atoms with Crippen LogP contribution >= 0.6 is 27.5 Å². The molecule has 1 unspecified atom stereocenters. The Hall–Kier alpha value is -2.96. The van der Waals surface area contributed by atoms with E-state index in [1.807, 2.05) is 44.2 Å². The van der Waals surface area contributed by atoms with E-state index in [1.165, 1.54) is 0 Å². The summed E-state index contributed by atoms with van der Waals surface area (Å²) < 4.78 is 2.43. The number of nitrogens with zero attached hydrogens (tertiary/aromatic N) is 3. The van der Waals surface area contributed by atoms with Crippen molar-refractivity contribution in [2.24, 2.45) is 0 Å². The molecule has 0 radical (unpaired) electrons. The van der Waals surface area contributed by atoms with E-state index in [1.54, 1.807) is 51.9 Å². The van der Waals surface area contributed by atoms with Crippen LogP contribution in [0.2, 0.25) is 5.02 Å². The highest BCUT2D eigenvalue weighted by Crippen LogP contribution is 2.28. The standard InChI is InChI=1S/C26H23BrClN3O2/c1-3-23(30(4-2)25(32)17-8-7-9-18(27)16-17)24-29-22-11-6-5-10-21(22)26(33)31(24)20-14-12-19(28)13-15-20/h5-16,23H,3-4H2,1-2H3. The van der Waals surface area contributed by atoms with E-state index < -0.39 is 6.04 Å². The summed E-state index contributed by atoms with van der Waals surface area (Å²) in [5, 5.41) is 1.10. The number of carbonyl (C=O) groups is 1. The van der Waals surface area contributed by atoms with Gasteiger partial charge in [-0.25, -0.2) is 4.98 Å². The molecule has 4 aromatic rings. The molecule has 33 heavy (non-hydrogen) atoms. The Morgan fingerprint density at radius 2 is 1.79 bits per heavy atom. The molecule has 1 amide bonds. The number of rotatable bonds is 6. The molecule has 0 spiro atoms. The fourth-order valence-electron chi connectivity index (χ4n) is 4.05. The Morgan fingerprint density at radius 3 is 2.45 bits per heavy atom. The van der Waals surface area contributed by atoms with E-state index in [4.69, 9.17) is 16.6 Å². The van der Waals surface area contributed by atoms with Gasteiger partial charge in [0.2, 0.25) is 0 Å². The first-order valence-electron chi connectivity index (χ1n) is 10.8. The average molecular weight is 525 g/mol. The molecule has 0 fully saturated rings. The predicted molar refractivity (Wildman–Crippen MR) is 136 cm³/mol. The fraction of sp³-hybridized carbons (Fsp3) is 0.192. The Bertz CT molecular complexity index is 1370. The topological polar surface area (TPSA) is 55.2 Å². The zero-order valence-electron chi connectivity index (χ0n) is 18.3. The van der Waals surface area contributed by atoms with Crippen molar-refractivity contribution in [1.82, 2.24) is 14.5 Å². The monoisotopic (exact) mass is 523 g/mol. The third-order valence-corrected chi connectivity index (χ3v) is 6.37. The van der Waals surface area contributed by atoms with Crippen molar-refractivity contribution < 1.29 is 4.79 Å². The molecule has 0 saturated heterocycles. The highest BCUT2D eigenvalue weighted by Gasteiger charge is 2.28. The van der Waals surface area contributed by atoms with E-state index in [0.29, 0.717) is 46.0 Å². The second kappa shape index (κ2) is 9.89. The maximum absolute atomic E-state index is 13.6. The molecule has 1 heterocycles. The summed E-state index contributed by atoms with van der Waals surface area (Å²) in [4.78, 5) is 33.8. The molecule has 0 saturated carbocycles. The van der Waals surface area contributed by atoms with Crippen LogP contribution in [-0.2, 0) is 0 Å². The van der Waals surface area contributed by atoms with Crippen molar-refractivity contribution in [3.05, 3.63) is 104 Å². The van der Waals surface area contributed by atoms with Crippen LogP contribution in [0.25, 0.3) is 16.6 Å². The van der Waals surface area contributed by atoms with E-state index in [0.717, 1.165) is 4.47 Å². The molecule has 7 heteroatoms. The van der Waals surface area contributed by atoms with Crippen LogP contribution in [-0.4, -0.2) is 26.9 Å². The van der Waals surface area contributed by atoms with Gasteiger partial charge in [-0.2, -0.15) is 0 Å². The van der Waals surface area contributed by atoms with Gasteiger partial charge >= 0.3 is 0 Å². The first-order valence-corrected chi connectivity index (χ1v) is 12.0. The average Bonchev–Trinajstić information content (AvgIpc) is 2.83. The van der Waals surface area contributed by atoms with Gasteiger partial charge in [0, 0.05) is 21.6 Å². The molecular formula is C26H23BrClN3O2. The quantitative estimate of drug-likeness (QED) is 0.293.